The molecule has 3 aliphatic rings. The number of aromatic nitrogens is 2. The Morgan fingerprint density at radius 1 is 1.23 bits per heavy atom. The molecule has 0 aromatic carbocycles. The lowest BCUT2D eigenvalue weighted by atomic mass is 9.45. The van der Waals surface area contributed by atoms with Crippen molar-refractivity contribution in [2.45, 2.75) is 53.1 Å². The van der Waals surface area contributed by atoms with E-state index in [4.69, 9.17) is 4.74 Å². The zero-order valence-corrected chi connectivity index (χ0v) is 19.0. The zero-order valence-electron chi connectivity index (χ0n) is 19.0. The summed E-state index contributed by atoms with van der Waals surface area (Å²) < 4.78 is 7.14. The summed E-state index contributed by atoms with van der Waals surface area (Å²) in [6.07, 6.45) is 5.51. The molecular formula is C24H34N4O3. The zero-order chi connectivity index (χ0) is 22.2. The Kier molecular flexibility index (Phi) is 6.06. The molecule has 3 fully saturated rings. The van der Waals surface area contributed by atoms with Crippen LogP contribution in [0.15, 0.2) is 24.4 Å². The van der Waals surface area contributed by atoms with Crippen LogP contribution in [0.2, 0.25) is 0 Å². The van der Waals surface area contributed by atoms with E-state index in [-0.39, 0.29) is 17.9 Å². The SMILES string of the molecule is CC(C)OCCNC(=O)c1cn2c(C(=O)NC[C@@H]3CC[C@H]4C[C@@H]3C4(C)C)cccc2n1. The maximum Gasteiger partial charge on any atom is 0.271 e. The van der Waals surface area contributed by atoms with Crippen LogP contribution in [0.5, 0.6) is 0 Å². The van der Waals surface area contributed by atoms with Gasteiger partial charge in [0.25, 0.3) is 11.8 Å². The molecule has 2 aromatic heterocycles. The maximum absolute atomic E-state index is 13.0. The summed E-state index contributed by atoms with van der Waals surface area (Å²) in [6.45, 7) is 10.2. The van der Waals surface area contributed by atoms with Crippen molar-refractivity contribution < 1.29 is 14.3 Å². The van der Waals surface area contributed by atoms with E-state index in [1.54, 1.807) is 28.8 Å². The molecule has 31 heavy (non-hydrogen) atoms. The van der Waals surface area contributed by atoms with Crippen LogP contribution >= 0.6 is 0 Å². The Hall–Kier alpha value is -2.41. The number of imidazole rings is 1. The quantitative estimate of drug-likeness (QED) is 0.635. The van der Waals surface area contributed by atoms with Crippen LogP contribution in [0, 0.1) is 23.2 Å². The molecule has 0 spiro atoms. The highest BCUT2D eigenvalue weighted by Crippen LogP contribution is 2.61. The number of pyridine rings is 1. The Labute approximate surface area is 183 Å². The molecule has 7 nitrogen and oxygen atoms in total. The van der Waals surface area contributed by atoms with Gasteiger partial charge >= 0.3 is 0 Å². The summed E-state index contributed by atoms with van der Waals surface area (Å²) in [4.78, 5) is 29.8. The second-order valence-electron chi connectivity index (χ2n) is 9.85. The van der Waals surface area contributed by atoms with Crippen molar-refractivity contribution in [2.75, 3.05) is 19.7 Å². The van der Waals surface area contributed by atoms with Crippen LogP contribution in [-0.2, 0) is 4.74 Å². The summed E-state index contributed by atoms with van der Waals surface area (Å²) in [5.74, 6) is 1.70. The van der Waals surface area contributed by atoms with E-state index in [1.165, 1.54) is 19.3 Å². The van der Waals surface area contributed by atoms with E-state index in [0.29, 0.717) is 54.0 Å². The van der Waals surface area contributed by atoms with Gasteiger partial charge in [0.2, 0.25) is 0 Å². The van der Waals surface area contributed by atoms with Crippen molar-refractivity contribution >= 4 is 17.5 Å². The molecule has 5 rings (SSSR count). The summed E-state index contributed by atoms with van der Waals surface area (Å²) in [7, 11) is 0. The van der Waals surface area contributed by atoms with Crippen molar-refractivity contribution in [3.63, 3.8) is 0 Å². The van der Waals surface area contributed by atoms with Gasteiger partial charge in [-0.1, -0.05) is 19.9 Å². The molecule has 2 N–H and O–H groups in total. The van der Waals surface area contributed by atoms with E-state index in [0.717, 1.165) is 5.92 Å². The molecule has 0 radical (unpaired) electrons. The average Bonchev–Trinajstić information content (AvgIpc) is 3.19. The highest BCUT2D eigenvalue weighted by atomic mass is 16.5. The highest BCUT2D eigenvalue weighted by molar-refractivity contribution is 5.95. The standard InChI is InChI=1S/C24H34N4O3/c1-15(2)31-11-10-25-22(29)19-14-28-20(6-5-7-21(28)27-19)23(30)26-13-16-8-9-17-12-18(16)24(17,3)4/h5-7,14-18H,8-13H2,1-4H3,(H,25,29)(H,26,30)/t16-,17-,18-/m0/s1. The molecule has 2 heterocycles. The fourth-order valence-electron chi connectivity index (χ4n) is 5.38. The predicted molar refractivity (Wildman–Crippen MR) is 119 cm³/mol. The van der Waals surface area contributed by atoms with Gasteiger partial charge in [-0.2, -0.15) is 0 Å². The number of nitrogens with zero attached hydrogens (tertiary/aromatic N) is 2. The third-order valence-electron chi connectivity index (χ3n) is 7.32. The van der Waals surface area contributed by atoms with Crippen LogP contribution in [0.25, 0.3) is 5.65 Å². The van der Waals surface area contributed by atoms with Gasteiger partial charge in [-0.05, 0) is 68.4 Å². The molecule has 2 bridgehead atoms. The molecule has 3 aliphatic carbocycles. The van der Waals surface area contributed by atoms with Crippen molar-refractivity contribution in [1.82, 2.24) is 20.0 Å². The summed E-state index contributed by atoms with van der Waals surface area (Å²) in [5.41, 5.74) is 1.77. The van der Waals surface area contributed by atoms with Gasteiger partial charge in [-0.15, -0.1) is 0 Å². The first-order chi connectivity index (χ1) is 14.8. The monoisotopic (exact) mass is 426 g/mol. The Bertz CT molecular complexity index is 963. The Morgan fingerprint density at radius 3 is 2.74 bits per heavy atom. The molecule has 0 saturated heterocycles. The number of carbonyl (C=O) groups is 2. The minimum absolute atomic E-state index is 0.124. The van der Waals surface area contributed by atoms with Gasteiger partial charge in [0.1, 0.15) is 17.0 Å². The summed E-state index contributed by atoms with van der Waals surface area (Å²) >= 11 is 0. The van der Waals surface area contributed by atoms with E-state index in [9.17, 15) is 9.59 Å². The van der Waals surface area contributed by atoms with Crippen LogP contribution in [0.1, 0.15) is 67.9 Å². The summed E-state index contributed by atoms with van der Waals surface area (Å²) in [6, 6.07) is 5.37. The number of hydrogen-bond acceptors (Lipinski definition) is 4. The van der Waals surface area contributed by atoms with Crippen molar-refractivity contribution in [2.24, 2.45) is 23.2 Å². The first kappa shape index (κ1) is 21.8. The number of fused-ring (bicyclic) bond motifs is 3. The van der Waals surface area contributed by atoms with Gasteiger partial charge in [-0.3, -0.25) is 14.0 Å². The number of rotatable bonds is 8. The predicted octanol–water partition coefficient (Wildman–Crippen LogP) is 3.29. The van der Waals surface area contributed by atoms with Gasteiger partial charge in [0.05, 0.1) is 12.7 Å². The minimum Gasteiger partial charge on any atom is -0.377 e. The average molecular weight is 427 g/mol. The van der Waals surface area contributed by atoms with Gasteiger partial charge < -0.3 is 15.4 Å². The van der Waals surface area contributed by atoms with E-state index >= 15 is 0 Å². The summed E-state index contributed by atoms with van der Waals surface area (Å²) in [5, 5.41) is 5.95. The smallest absolute Gasteiger partial charge is 0.271 e. The maximum atomic E-state index is 13.0. The lowest BCUT2D eigenvalue weighted by Gasteiger charge is -2.60. The Morgan fingerprint density at radius 2 is 2.03 bits per heavy atom. The van der Waals surface area contributed by atoms with E-state index in [2.05, 4.69) is 29.5 Å². The fourth-order valence-corrected chi connectivity index (χ4v) is 5.38. The largest absolute Gasteiger partial charge is 0.377 e. The molecule has 168 valence electrons. The number of hydrogen-bond donors (Lipinski definition) is 2. The normalized spacial score (nSPS) is 24.1. The number of carbonyl (C=O) groups excluding carboxylic acids is 2. The number of nitrogens with one attached hydrogen (secondary N) is 2. The topological polar surface area (TPSA) is 84.7 Å². The first-order valence-electron chi connectivity index (χ1n) is 11.4. The van der Waals surface area contributed by atoms with Gasteiger partial charge in [-0.25, -0.2) is 4.98 Å². The molecule has 2 aromatic rings. The number of amides is 2. The lowest BCUT2D eigenvalue weighted by molar-refractivity contribution is -0.103. The minimum atomic E-state index is -0.272. The third kappa shape index (κ3) is 4.33. The van der Waals surface area contributed by atoms with Crippen molar-refractivity contribution in [3.8, 4) is 0 Å². The first-order valence-corrected chi connectivity index (χ1v) is 11.4. The molecule has 0 unspecified atom stereocenters. The lowest BCUT2D eigenvalue weighted by Crippen LogP contribution is -2.54. The molecule has 0 aliphatic heterocycles. The van der Waals surface area contributed by atoms with Crippen LogP contribution in [-0.4, -0.2) is 47.0 Å². The van der Waals surface area contributed by atoms with Crippen LogP contribution in [0.4, 0.5) is 0 Å². The Balaban J connectivity index is 1.39. The second kappa shape index (κ2) is 8.61. The third-order valence-corrected chi connectivity index (χ3v) is 7.32. The van der Waals surface area contributed by atoms with Gasteiger partial charge in [0.15, 0.2) is 0 Å². The van der Waals surface area contributed by atoms with Gasteiger partial charge in [0, 0.05) is 19.3 Å². The molecule has 3 saturated carbocycles. The molecular weight excluding hydrogens is 392 g/mol. The van der Waals surface area contributed by atoms with Crippen molar-refractivity contribution in [1.29, 1.82) is 0 Å². The van der Waals surface area contributed by atoms with Crippen LogP contribution in [0.3, 0.4) is 0 Å². The molecule has 3 atom stereocenters. The van der Waals surface area contributed by atoms with E-state index < -0.39 is 0 Å². The second-order valence-corrected chi connectivity index (χ2v) is 9.85. The number of ether oxygens (including phenoxy) is 1. The van der Waals surface area contributed by atoms with E-state index in [1.807, 2.05) is 13.8 Å². The van der Waals surface area contributed by atoms with Crippen molar-refractivity contribution in [3.05, 3.63) is 35.8 Å². The molecule has 7 heteroatoms. The fraction of sp³-hybridized carbons (Fsp3) is 0.625. The highest BCUT2D eigenvalue weighted by Gasteiger charge is 2.53. The molecule has 2 amide bonds. The van der Waals surface area contributed by atoms with Crippen LogP contribution < -0.4 is 10.6 Å².